The van der Waals surface area contributed by atoms with E-state index in [-0.39, 0.29) is 5.91 Å². The van der Waals surface area contributed by atoms with Gasteiger partial charge in [0.1, 0.15) is 0 Å². The van der Waals surface area contributed by atoms with Gasteiger partial charge in [-0.15, -0.1) is 12.3 Å². The summed E-state index contributed by atoms with van der Waals surface area (Å²) in [5.41, 5.74) is 0.628. The van der Waals surface area contributed by atoms with Gasteiger partial charge in [-0.2, -0.15) is 0 Å². The van der Waals surface area contributed by atoms with E-state index < -0.39 is 0 Å². The summed E-state index contributed by atoms with van der Waals surface area (Å²) in [7, 11) is 0. The van der Waals surface area contributed by atoms with Crippen LogP contribution in [-0.2, 0) is 4.79 Å². The van der Waals surface area contributed by atoms with E-state index in [1.165, 1.54) is 0 Å². The maximum Gasteiger partial charge on any atom is 0.224 e. The number of terminal acetylenes is 1. The maximum absolute atomic E-state index is 11.6. The van der Waals surface area contributed by atoms with Gasteiger partial charge >= 0.3 is 0 Å². The summed E-state index contributed by atoms with van der Waals surface area (Å²) in [6.07, 6.45) is 7.97. The fourth-order valence-electron chi connectivity index (χ4n) is 1.32. The van der Waals surface area contributed by atoms with Crippen LogP contribution in [0.2, 0.25) is 5.02 Å². The Balaban J connectivity index is 2.45. The highest BCUT2D eigenvalue weighted by atomic mass is 79.9. The van der Waals surface area contributed by atoms with Gasteiger partial charge in [-0.3, -0.25) is 4.79 Å². The molecule has 0 spiro atoms. The van der Waals surface area contributed by atoms with Crippen LogP contribution in [0.5, 0.6) is 0 Å². The lowest BCUT2D eigenvalue weighted by Crippen LogP contribution is -2.11. The molecule has 1 aromatic rings. The topological polar surface area (TPSA) is 29.1 Å². The van der Waals surface area contributed by atoms with E-state index >= 15 is 0 Å². The van der Waals surface area contributed by atoms with Crippen LogP contribution in [0.3, 0.4) is 0 Å². The molecule has 1 amide bonds. The molecule has 2 nitrogen and oxygen atoms in total. The van der Waals surface area contributed by atoms with Crippen LogP contribution in [0.1, 0.15) is 25.7 Å². The van der Waals surface area contributed by atoms with E-state index in [0.29, 0.717) is 23.6 Å². The zero-order valence-electron chi connectivity index (χ0n) is 9.30. The molecule has 4 heteroatoms. The van der Waals surface area contributed by atoms with Crippen molar-refractivity contribution in [3.8, 4) is 12.3 Å². The second-order valence-corrected chi connectivity index (χ2v) is 4.91. The smallest absolute Gasteiger partial charge is 0.224 e. The van der Waals surface area contributed by atoms with Crippen molar-refractivity contribution in [3.63, 3.8) is 0 Å². The van der Waals surface area contributed by atoms with E-state index in [1.54, 1.807) is 12.1 Å². The molecule has 0 fully saturated rings. The number of amides is 1. The Morgan fingerprint density at radius 2 is 2.24 bits per heavy atom. The SMILES string of the molecule is C#CCCCCC(=O)Nc1cc(Br)ccc1Cl. The van der Waals surface area contributed by atoms with Gasteiger partial charge in [0.05, 0.1) is 10.7 Å². The summed E-state index contributed by atoms with van der Waals surface area (Å²) in [5.74, 6) is 2.51. The number of hydrogen-bond acceptors (Lipinski definition) is 1. The van der Waals surface area contributed by atoms with Crippen LogP contribution in [0.15, 0.2) is 22.7 Å². The molecule has 1 rings (SSSR count). The highest BCUT2D eigenvalue weighted by Crippen LogP contribution is 2.25. The van der Waals surface area contributed by atoms with Crippen molar-refractivity contribution in [2.75, 3.05) is 5.32 Å². The summed E-state index contributed by atoms with van der Waals surface area (Å²) >= 11 is 9.29. The summed E-state index contributed by atoms with van der Waals surface area (Å²) in [4.78, 5) is 11.6. The molecule has 0 aliphatic carbocycles. The first-order valence-corrected chi connectivity index (χ1v) is 6.49. The molecule has 0 aliphatic heterocycles. The Kier molecular flexibility index (Phi) is 6.10. The van der Waals surface area contributed by atoms with Crippen LogP contribution in [0.4, 0.5) is 5.69 Å². The Bertz CT molecular complexity index is 440. The van der Waals surface area contributed by atoms with Crippen molar-refractivity contribution >= 4 is 39.1 Å². The molecular formula is C13H13BrClNO. The van der Waals surface area contributed by atoms with E-state index in [1.807, 2.05) is 6.07 Å². The Hall–Kier alpha value is -0.980. The van der Waals surface area contributed by atoms with Gasteiger partial charge < -0.3 is 5.32 Å². The monoisotopic (exact) mass is 313 g/mol. The van der Waals surface area contributed by atoms with E-state index in [9.17, 15) is 4.79 Å². The predicted molar refractivity (Wildman–Crippen MR) is 75.1 cm³/mol. The normalized spacial score (nSPS) is 9.71. The lowest BCUT2D eigenvalue weighted by atomic mass is 10.2. The van der Waals surface area contributed by atoms with Crippen molar-refractivity contribution < 1.29 is 4.79 Å². The molecule has 90 valence electrons. The number of benzene rings is 1. The number of nitrogens with one attached hydrogen (secondary N) is 1. The average molecular weight is 315 g/mol. The number of anilines is 1. The lowest BCUT2D eigenvalue weighted by Gasteiger charge is -2.07. The van der Waals surface area contributed by atoms with Crippen LogP contribution >= 0.6 is 27.5 Å². The van der Waals surface area contributed by atoms with Gasteiger partial charge in [0.15, 0.2) is 0 Å². The fourth-order valence-corrected chi connectivity index (χ4v) is 1.84. The maximum atomic E-state index is 11.6. The van der Waals surface area contributed by atoms with E-state index in [0.717, 1.165) is 17.3 Å². The summed E-state index contributed by atoms with van der Waals surface area (Å²) in [5, 5.41) is 3.31. The van der Waals surface area contributed by atoms with Crippen molar-refractivity contribution in [1.29, 1.82) is 0 Å². The zero-order valence-corrected chi connectivity index (χ0v) is 11.6. The first-order chi connectivity index (χ1) is 8.13. The number of rotatable bonds is 5. The van der Waals surface area contributed by atoms with Gasteiger partial charge in [-0.05, 0) is 31.0 Å². The number of unbranched alkanes of at least 4 members (excludes halogenated alkanes) is 2. The second-order valence-electron chi connectivity index (χ2n) is 3.58. The van der Waals surface area contributed by atoms with Gasteiger partial charge in [0.25, 0.3) is 0 Å². The first-order valence-electron chi connectivity index (χ1n) is 5.32. The fraction of sp³-hybridized carbons (Fsp3) is 0.308. The third-order valence-corrected chi connectivity index (χ3v) is 3.00. The molecular weight excluding hydrogens is 302 g/mol. The minimum absolute atomic E-state index is 0.0398. The molecule has 0 aromatic heterocycles. The second kappa shape index (κ2) is 7.37. The number of hydrogen-bond donors (Lipinski definition) is 1. The van der Waals surface area contributed by atoms with E-state index in [4.69, 9.17) is 18.0 Å². The molecule has 1 N–H and O–H groups in total. The summed E-state index contributed by atoms with van der Waals surface area (Å²) in [6.45, 7) is 0. The highest BCUT2D eigenvalue weighted by molar-refractivity contribution is 9.10. The molecule has 0 aliphatic rings. The summed E-state index contributed by atoms with van der Waals surface area (Å²) < 4.78 is 0.879. The average Bonchev–Trinajstić information content (AvgIpc) is 2.29. The third-order valence-electron chi connectivity index (χ3n) is 2.18. The molecule has 0 heterocycles. The molecule has 0 atom stereocenters. The highest BCUT2D eigenvalue weighted by Gasteiger charge is 2.05. The standard InChI is InChI=1S/C13H13BrClNO/c1-2-3-4-5-6-13(17)16-12-9-10(14)7-8-11(12)15/h1,7-9H,3-6H2,(H,16,17). The minimum atomic E-state index is -0.0398. The Morgan fingerprint density at radius 3 is 2.94 bits per heavy atom. The first kappa shape index (κ1) is 14.1. The lowest BCUT2D eigenvalue weighted by molar-refractivity contribution is -0.116. The number of carbonyl (C=O) groups excluding carboxylic acids is 1. The Morgan fingerprint density at radius 1 is 1.47 bits per heavy atom. The van der Waals surface area contributed by atoms with Crippen LogP contribution in [-0.4, -0.2) is 5.91 Å². The van der Waals surface area contributed by atoms with Gasteiger partial charge in [-0.1, -0.05) is 27.5 Å². The largest absolute Gasteiger partial charge is 0.325 e. The van der Waals surface area contributed by atoms with E-state index in [2.05, 4.69) is 27.2 Å². The van der Waals surface area contributed by atoms with Crippen molar-refractivity contribution in [2.24, 2.45) is 0 Å². The molecule has 0 radical (unpaired) electrons. The quantitative estimate of drug-likeness (QED) is 0.639. The molecule has 0 bridgehead atoms. The van der Waals surface area contributed by atoms with Crippen LogP contribution in [0.25, 0.3) is 0 Å². The van der Waals surface area contributed by atoms with Crippen molar-refractivity contribution in [3.05, 3.63) is 27.7 Å². The predicted octanol–water partition coefficient (Wildman–Crippen LogP) is 4.23. The van der Waals surface area contributed by atoms with Crippen LogP contribution < -0.4 is 5.32 Å². The number of carbonyl (C=O) groups is 1. The van der Waals surface area contributed by atoms with Crippen LogP contribution in [0, 0.1) is 12.3 Å². The molecule has 1 aromatic carbocycles. The Labute approximate surface area is 115 Å². The molecule has 0 unspecified atom stereocenters. The van der Waals surface area contributed by atoms with Gasteiger partial charge in [0.2, 0.25) is 5.91 Å². The van der Waals surface area contributed by atoms with Gasteiger partial charge in [0, 0.05) is 17.3 Å². The number of halogens is 2. The van der Waals surface area contributed by atoms with Crippen molar-refractivity contribution in [1.82, 2.24) is 0 Å². The summed E-state index contributed by atoms with van der Waals surface area (Å²) in [6, 6.07) is 5.34. The zero-order chi connectivity index (χ0) is 12.7. The van der Waals surface area contributed by atoms with Crippen molar-refractivity contribution in [2.45, 2.75) is 25.7 Å². The minimum Gasteiger partial charge on any atom is -0.325 e. The van der Waals surface area contributed by atoms with Gasteiger partial charge in [-0.25, -0.2) is 0 Å². The molecule has 17 heavy (non-hydrogen) atoms. The third kappa shape index (κ3) is 5.25. The molecule has 0 saturated carbocycles. The molecule has 0 saturated heterocycles.